The molecule has 1 saturated carbocycles. The smallest absolute Gasteiger partial charge is 0.256 e. The Morgan fingerprint density at radius 2 is 1.62 bits per heavy atom. The molecule has 5 heteroatoms. The minimum Gasteiger partial charge on any atom is -0.353 e. The molecule has 1 heterocycles. The molecule has 1 aliphatic heterocycles. The molecule has 0 aromatic heterocycles. The fraction of sp³-hybridized carbons (Fsp3) is 0.417. The highest BCUT2D eigenvalue weighted by molar-refractivity contribution is 5.98. The van der Waals surface area contributed by atoms with Crippen molar-refractivity contribution >= 4 is 11.8 Å². The molecule has 5 nitrogen and oxygen atoms in total. The zero-order valence-corrected chi connectivity index (χ0v) is 16.8. The highest BCUT2D eigenvalue weighted by Gasteiger charge is 2.53. The molecule has 29 heavy (non-hydrogen) atoms. The lowest BCUT2D eigenvalue weighted by Gasteiger charge is -2.41. The fourth-order valence-electron chi connectivity index (χ4n) is 4.53. The largest absolute Gasteiger partial charge is 0.353 e. The summed E-state index contributed by atoms with van der Waals surface area (Å²) < 4.78 is 6.20. The van der Waals surface area contributed by atoms with Crippen molar-refractivity contribution in [2.45, 2.75) is 56.8 Å². The molecule has 0 unspecified atom stereocenters. The fourth-order valence-corrected chi connectivity index (χ4v) is 4.53. The third-order valence-corrected chi connectivity index (χ3v) is 6.10. The first-order valence-electron chi connectivity index (χ1n) is 10.5. The summed E-state index contributed by atoms with van der Waals surface area (Å²) in [5.41, 5.74) is 0.966. The van der Waals surface area contributed by atoms with E-state index in [0.717, 1.165) is 37.7 Å². The van der Waals surface area contributed by atoms with Gasteiger partial charge in [-0.25, -0.2) is 0 Å². The third kappa shape index (κ3) is 3.92. The monoisotopic (exact) mass is 392 g/mol. The molecule has 1 spiro atoms. The van der Waals surface area contributed by atoms with E-state index in [1.165, 1.54) is 0 Å². The van der Waals surface area contributed by atoms with Crippen molar-refractivity contribution in [3.63, 3.8) is 0 Å². The van der Waals surface area contributed by atoms with Crippen molar-refractivity contribution in [2.75, 3.05) is 6.61 Å². The lowest BCUT2D eigenvalue weighted by atomic mass is 9.89. The lowest BCUT2D eigenvalue weighted by Crippen LogP contribution is -2.56. The number of nitrogens with one attached hydrogen (secondary N) is 1. The molecule has 0 bridgehead atoms. The van der Waals surface area contributed by atoms with Gasteiger partial charge in [-0.1, -0.05) is 55.0 Å². The van der Waals surface area contributed by atoms with Crippen LogP contribution in [0.1, 0.15) is 61.0 Å². The second-order valence-electron chi connectivity index (χ2n) is 8.02. The molecule has 2 atom stereocenters. The van der Waals surface area contributed by atoms with Gasteiger partial charge in [0.25, 0.3) is 5.91 Å². The molecule has 1 N–H and O–H groups in total. The Labute approximate surface area is 172 Å². The van der Waals surface area contributed by atoms with Crippen molar-refractivity contribution in [1.82, 2.24) is 10.2 Å². The van der Waals surface area contributed by atoms with Gasteiger partial charge in [0.1, 0.15) is 11.8 Å². The molecule has 2 fully saturated rings. The first kappa shape index (κ1) is 19.6. The second kappa shape index (κ2) is 8.37. The molecular weight excluding hydrogens is 364 g/mol. The van der Waals surface area contributed by atoms with E-state index in [1.54, 1.807) is 17.0 Å². The van der Waals surface area contributed by atoms with Gasteiger partial charge in [-0.2, -0.15) is 0 Å². The predicted molar refractivity (Wildman–Crippen MR) is 111 cm³/mol. The number of amides is 2. The van der Waals surface area contributed by atoms with Gasteiger partial charge in [0.15, 0.2) is 0 Å². The van der Waals surface area contributed by atoms with E-state index in [0.29, 0.717) is 5.56 Å². The van der Waals surface area contributed by atoms with Crippen LogP contribution in [0.15, 0.2) is 60.7 Å². The number of carbonyl (C=O) groups is 2. The molecule has 152 valence electrons. The molecule has 1 saturated heterocycles. The maximum Gasteiger partial charge on any atom is 0.256 e. The predicted octanol–water partition coefficient (Wildman–Crippen LogP) is 4.07. The van der Waals surface area contributed by atoms with E-state index in [4.69, 9.17) is 4.74 Å². The zero-order chi connectivity index (χ0) is 20.3. The van der Waals surface area contributed by atoms with Gasteiger partial charge in [0, 0.05) is 5.56 Å². The first-order valence-corrected chi connectivity index (χ1v) is 10.5. The van der Waals surface area contributed by atoms with E-state index < -0.39 is 11.8 Å². The molecule has 2 aromatic carbocycles. The van der Waals surface area contributed by atoms with Crippen LogP contribution in [0.5, 0.6) is 0 Å². The highest BCUT2D eigenvalue weighted by Crippen LogP contribution is 2.41. The van der Waals surface area contributed by atoms with Gasteiger partial charge < -0.3 is 10.1 Å². The molecule has 4 rings (SSSR count). The summed E-state index contributed by atoms with van der Waals surface area (Å²) in [5.74, 6) is -0.286. The Bertz CT molecular complexity index is 847. The minimum absolute atomic E-state index is 0.127. The quantitative estimate of drug-likeness (QED) is 0.853. The Hall–Kier alpha value is -2.66. The van der Waals surface area contributed by atoms with E-state index in [9.17, 15) is 9.59 Å². The number of rotatable bonds is 4. The number of benzene rings is 2. The Morgan fingerprint density at radius 1 is 1.00 bits per heavy atom. The molecular formula is C24H28N2O3. The van der Waals surface area contributed by atoms with Crippen molar-refractivity contribution in [3.8, 4) is 0 Å². The van der Waals surface area contributed by atoms with Crippen molar-refractivity contribution in [3.05, 3.63) is 71.8 Å². The van der Waals surface area contributed by atoms with Crippen LogP contribution < -0.4 is 5.32 Å². The number of carbonyl (C=O) groups excluding carboxylic acids is 2. The topological polar surface area (TPSA) is 58.6 Å². The van der Waals surface area contributed by atoms with E-state index >= 15 is 0 Å². The lowest BCUT2D eigenvalue weighted by molar-refractivity contribution is -0.127. The molecule has 2 amide bonds. The van der Waals surface area contributed by atoms with Gasteiger partial charge in [-0.3, -0.25) is 14.5 Å². The SMILES string of the molecule is C[C@H](NC(=O)[C@H]1COC2(CCCCC2)N1C(=O)c1ccccc1)c1ccccc1. The standard InChI is InChI=1S/C24H28N2O3/c1-18(19-11-5-2-6-12-19)25-22(27)21-17-29-24(15-9-4-10-16-24)26(21)23(28)20-13-7-3-8-14-20/h2-3,5-8,11-14,18,21H,4,9-10,15-17H2,1H3,(H,25,27)/t18-,21+/m0/s1. The number of hydrogen-bond donors (Lipinski definition) is 1. The van der Waals surface area contributed by atoms with Crippen LogP contribution in [0.2, 0.25) is 0 Å². The summed E-state index contributed by atoms with van der Waals surface area (Å²) in [7, 11) is 0. The number of nitrogens with zero attached hydrogens (tertiary/aromatic N) is 1. The average Bonchev–Trinajstić information content (AvgIpc) is 3.13. The number of hydrogen-bond acceptors (Lipinski definition) is 3. The summed E-state index contributed by atoms with van der Waals surface area (Å²) >= 11 is 0. The molecule has 2 aromatic rings. The summed E-state index contributed by atoms with van der Waals surface area (Å²) in [6.07, 6.45) is 4.72. The van der Waals surface area contributed by atoms with Crippen molar-refractivity contribution in [1.29, 1.82) is 0 Å². The minimum atomic E-state index is -0.664. The van der Waals surface area contributed by atoms with Crippen LogP contribution in [0, 0.1) is 0 Å². The van der Waals surface area contributed by atoms with E-state index in [2.05, 4.69) is 5.32 Å². The van der Waals surface area contributed by atoms with Gasteiger partial charge in [-0.05, 0) is 50.3 Å². The van der Waals surface area contributed by atoms with Crippen molar-refractivity contribution < 1.29 is 14.3 Å². The first-order chi connectivity index (χ1) is 14.1. The molecule has 0 radical (unpaired) electrons. The Morgan fingerprint density at radius 3 is 2.28 bits per heavy atom. The third-order valence-electron chi connectivity index (χ3n) is 6.10. The Kier molecular flexibility index (Phi) is 5.67. The summed E-state index contributed by atoms with van der Waals surface area (Å²) in [5, 5.41) is 3.08. The van der Waals surface area contributed by atoms with Gasteiger partial charge in [0.2, 0.25) is 5.91 Å². The van der Waals surface area contributed by atoms with Crippen LogP contribution >= 0.6 is 0 Å². The van der Waals surface area contributed by atoms with Crippen LogP contribution in [0.4, 0.5) is 0 Å². The van der Waals surface area contributed by atoms with Crippen LogP contribution in [0.3, 0.4) is 0 Å². The second-order valence-corrected chi connectivity index (χ2v) is 8.02. The van der Waals surface area contributed by atoms with Crippen LogP contribution in [-0.2, 0) is 9.53 Å². The van der Waals surface area contributed by atoms with Crippen LogP contribution in [0.25, 0.3) is 0 Å². The van der Waals surface area contributed by atoms with Gasteiger partial charge in [-0.15, -0.1) is 0 Å². The average molecular weight is 392 g/mol. The maximum atomic E-state index is 13.5. The highest BCUT2D eigenvalue weighted by atomic mass is 16.5. The molecule has 1 aliphatic carbocycles. The van der Waals surface area contributed by atoms with Crippen LogP contribution in [-0.4, -0.2) is 35.1 Å². The maximum absolute atomic E-state index is 13.5. The summed E-state index contributed by atoms with van der Waals surface area (Å²) in [6.45, 7) is 2.20. The van der Waals surface area contributed by atoms with E-state index in [1.807, 2.05) is 55.5 Å². The van der Waals surface area contributed by atoms with Gasteiger partial charge in [0.05, 0.1) is 12.6 Å². The summed E-state index contributed by atoms with van der Waals surface area (Å²) in [6, 6.07) is 18.3. The zero-order valence-electron chi connectivity index (χ0n) is 16.8. The summed E-state index contributed by atoms with van der Waals surface area (Å²) in [4.78, 5) is 28.4. The Balaban J connectivity index is 1.59. The van der Waals surface area contributed by atoms with Crippen molar-refractivity contribution in [2.24, 2.45) is 0 Å². The van der Waals surface area contributed by atoms with Gasteiger partial charge >= 0.3 is 0 Å². The normalized spacial score (nSPS) is 21.7. The van der Waals surface area contributed by atoms with E-state index in [-0.39, 0.29) is 24.5 Å². The molecule has 2 aliphatic rings. The number of ether oxygens (including phenoxy) is 1.